The number of benzene rings is 1. The van der Waals surface area contributed by atoms with Gasteiger partial charge in [-0.1, -0.05) is 23.7 Å². The van der Waals surface area contributed by atoms with Crippen molar-refractivity contribution in [3.05, 3.63) is 35.6 Å². The van der Waals surface area contributed by atoms with E-state index < -0.39 is 0 Å². The highest BCUT2D eigenvalue weighted by atomic mass is 35.5. The van der Waals surface area contributed by atoms with E-state index in [1.807, 2.05) is 24.3 Å². The molecule has 0 atom stereocenters. The molecule has 0 aliphatic carbocycles. The van der Waals surface area contributed by atoms with Crippen molar-refractivity contribution in [1.29, 1.82) is 0 Å². The number of nitrogens with zero attached hydrogens (tertiary/aromatic N) is 2. The minimum atomic E-state index is 0.739. The summed E-state index contributed by atoms with van der Waals surface area (Å²) in [6.45, 7) is 0. The SMILES string of the molecule is Clc1ccc(-c2ncns2)cc1. The maximum atomic E-state index is 5.74. The van der Waals surface area contributed by atoms with Gasteiger partial charge in [0.1, 0.15) is 11.3 Å². The largest absolute Gasteiger partial charge is 0.223 e. The van der Waals surface area contributed by atoms with Gasteiger partial charge in [-0.05, 0) is 23.7 Å². The molecule has 1 heterocycles. The standard InChI is InChI=1S/C8H5ClN2S/c9-7-3-1-6(2-4-7)8-10-5-11-12-8/h1-5H. The van der Waals surface area contributed by atoms with E-state index in [1.54, 1.807) is 6.33 Å². The second-order valence-electron chi connectivity index (χ2n) is 2.25. The van der Waals surface area contributed by atoms with Crippen LogP contribution >= 0.6 is 23.1 Å². The lowest BCUT2D eigenvalue weighted by Gasteiger charge is -1.93. The van der Waals surface area contributed by atoms with Crippen molar-refractivity contribution in [2.24, 2.45) is 0 Å². The van der Waals surface area contributed by atoms with Crippen LogP contribution in [0.4, 0.5) is 0 Å². The molecule has 2 aromatic rings. The van der Waals surface area contributed by atoms with Crippen molar-refractivity contribution < 1.29 is 0 Å². The van der Waals surface area contributed by atoms with Crippen LogP contribution in [0.1, 0.15) is 0 Å². The van der Waals surface area contributed by atoms with Crippen LogP contribution in [0, 0.1) is 0 Å². The fraction of sp³-hybridized carbons (Fsp3) is 0. The van der Waals surface area contributed by atoms with E-state index >= 15 is 0 Å². The molecule has 12 heavy (non-hydrogen) atoms. The van der Waals surface area contributed by atoms with Crippen LogP contribution < -0.4 is 0 Å². The first kappa shape index (κ1) is 7.71. The second kappa shape index (κ2) is 3.21. The zero-order valence-corrected chi connectivity index (χ0v) is 7.64. The summed E-state index contributed by atoms with van der Waals surface area (Å²) in [4.78, 5) is 4.08. The third-order valence-electron chi connectivity index (χ3n) is 1.45. The first-order valence-corrected chi connectivity index (χ1v) is 4.54. The molecular weight excluding hydrogens is 192 g/mol. The Kier molecular flexibility index (Phi) is 2.06. The number of halogens is 1. The maximum Gasteiger partial charge on any atom is 0.143 e. The number of aromatic nitrogens is 2. The Morgan fingerprint density at radius 3 is 2.50 bits per heavy atom. The number of hydrogen-bond acceptors (Lipinski definition) is 3. The van der Waals surface area contributed by atoms with Gasteiger partial charge in [0.25, 0.3) is 0 Å². The summed E-state index contributed by atoms with van der Waals surface area (Å²) in [5.41, 5.74) is 1.06. The molecule has 0 saturated heterocycles. The van der Waals surface area contributed by atoms with E-state index in [9.17, 15) is 0 Å². The second-order valence-corrected chi connectivity index (χ2v) is 3.47. The Hall–Kier alpha value is -0.930. The van der Waals surface area contributed by atoms with E-state index in [4.69, 9.17) is 11.6 Å². The van der Waals surface area contributed by atoms with Crippen LogP contribution in [0.25, 0.3) is 10.6 Å². The van der Waals surface area contributed by atoms with Crippen LogP contribution in [-0.2, 0) is 0 Å². The molecule has 0 aliphatic heterocycles. The van der Waals surface area contributed by atoms with E-state index in [1.165, 1.54) is 11.5 Å². The zero-order chi connectivity index (χ0) is 8.39. The van der Waals surface area contributed by atoms with Crippen molar-refractivity contribution in [2.45, 2.75) is 0 Å². The van der Waals surface area contributed by atoms with Crippen LogP contribution in [0.2, 0.25) is 5.02 Å². The maximum absolute atomic E-state index is 5.74. The van der Waals surface area contributed by atoms with Gasteiger partial charge in [-0.15, -0.1) is 0 Å². The molecule has 4 heteroatoms. The van der Waals surface area contributed by atoms with Gasteiger partial charge in [-0.2, -0.15) is 4.37 Å². The molecule has 1 aromatic carbocycles. The summed E-state index contributed by atoms with van der Waals surface area (Å²) in [5.74, 6) is 0. The quantitative estimate of drug-likeness (QED) is 0.701. The highest BCUT2D eigenvalue weighted by Crippen LogP contribution is 2.21. The van der Waals surface area contributed by atoms with Crippen molar-refractivity contribution in [1.82, 2.24) is 9.36 Å². The lowest BCUT2D eigenvalue weighted by molar-refractivity contribution is 1.33. The van der Waals surface area contributed by atoms with Gasteiger partial charge < -0.3 is 0 Å². The average molecular weight is 197 g/mol. The zero-order valence-electron chi connectivity index (χ0n) is 6.07. The van der Waals surface area contributed by atoms with Gasteiger partial charge in [0.2, 0.25) is 0 Å². The lowest BCUT2D eigenvalue weighted by Crippen LogP contribution is -1.73. The summed E-state index contributed by atoms with van der Waals surface area (Å²) >= 11 is 7.12. The molecule has 60 valence electrons. The number of hydrogen-bond donors (Lipinski definition) is 0. The first-order chi connectivity index (χ1) is 5.86. The molecular formula is C8H5ClN2S. The molecule has 0 bridgehead atoms. The van der Waals surface area contributed by atoms with Crippen molar-refractivity contribution in [3.8, 4) is 10.6 Å². The molecule has 0 radical (unpaired) electrons. The van der Waals surface area contributed by atoms with Gasteiger partial charge in [0.15, 0.2) is 0 Å². The Morgan fingerprint density at radius 2 is 1.92 bits per heavy atom. The fourth-order valence-corrected chi connectivity index (χ4v) is 1.55. The predicted molar refractivity (Wildman–Crippen MR) is 50.4 cm³/mol. The Bertz CT molecular complexity index is 355. The topological polar surface area (TPSA) is 25.8 Å². The molecule has 0 saturated carbocycles. The van der Waals surface area contributed by atoms with Crippen LogP contribution in [0.5, 0.6) is 0 Å². The van der Waals surface area contributed by atoms with Gasteiger partial charge in [-0.25, -0.2) is 4.98 Å². The van der Waals surface area contributed by atoms with E-state index in [0.29, 0.717) is 0 Å². The minimum absolute atomic E-state index is 0.739. The third kappa shape index (κ3) is 1.47. The monoisotopic (exact) mass is 196 g/mol. The van der Waals surface area contributed by atoms with Crippen molar-refractivity contribution in [3.63, 3.8) is 0 Å². The van der Waals surface area contributed by atoms with Crippen LogP contribution in [0.3, 0.4) is 0 Å². The molecule has 0 aliphatic rings. The summed E-state index contributed by atoms with van der Waals surface area (Å²) in [6, 6.07) is 7.56. The number of rotatable bonds is 1. The lowest BCUT2D eigenvalue weighted by atomic mass is 10.2. The van der Waals surface area contributed by atoms with E-state index in [0.717, 1.165) is 15.6 Å². The summed E-state index contributed by atoms with van der Waals surface area (Å²) in [5, 5.41) is 1.66. The molecule has 0 N–H and O–H groups in total. The van der Waals surface area contributed by atoms with Gasteiger partial charge in [0.05, 0.1) is 0 Å². The molecule has 0 unspecified atom stereocenters. The van der Waals surface area contributed by atoms with E-state index in [-0.39, 0.29) is 0 Å². The minimum Gasteiger partial charge on any atom is -0.223 e. The van der Waals surface area contributed by atoms with Gasteiger partial charge in [-0.3, -0.25) is 0 Å². The Labute approximate surface area is 79.0 Å². The smallest absolute Gasteiger partial charge is 0.143 e. The van der Waals surface area contributed by atoms with Gasteiger partial charge in [0, 0.05) is 10.6 Å². The first-order valence-electron chi connectivity index (χ1n) is 3.39. The van der Waals surface area contributed by atoms with Crippen LogP contribution in [0.15, 0.2) is 30.6 Å². The normalized spacial score (nSPS) is 10.1. The third-order valence-corrected chi connectivity index (χ3v) is 2.42. The molecule has 2 rings (SSSR count). The average Bonchev–Trinajstić information content (AvgIpc) is 2.58. The predicted octanol–water partition coefficient (Wildman–Crippen LogP) is 2.86. The molecule has 0 fully saturated rings. The highest BCUT2D eigenvalue weighted by molar-refractivity contribution is 7.09. The van der Waals surface area contributed by atoms with E-state index in [2.05, 4.69) is 9.36 Å². The summed E-state index contributed by atoms with van der Waals surface area (Å²) in [7, 11) is 0. The summed E-state index contributed by atoms with van der Waals surface area (Å²) < 4.78 is 3.92. The fourth-order valence-electron chi connectivity index (χ4n) is 0.893. The highest BCUT2D eigenvalue weighted by Gasteiger charge is 1.99. The van der Waals surface area contributed by atoms with Crippen molar-refractivity contribution in [2.75, 3.05) is 0 Å². The summed E-state index contributed by atoms with van der Waals surface area (Å²) in [6.07, 6.45) is 1.55. The van der Waals surface area contributed by atoms with Crippen molar-refractivity contribution >= 4 is 23.1 Å². The Balaban J connectivity index is 2.43. The van der Waals surface area contributed by atoms with Gasteiger partial charge >= 0.3 is 0 Å². The molecule has 0 spiro atoms. The Morgan fingerprint density at radius 1 is 1.17 bits per heavy atom. The van der Waals surface area contributed by atoms with Crippen LogP contribution in [-0.4, -0.2) is 9.36 Å². The molecule has 0 amide bonds. The molecule has 2 nitrogen and oxygen atoms in total. The molecule has 1 aromatic heterocycles.